The van der Waals surface area contributed by atoms with E-state index in [4.69, 9.17) is 18.9 Å². The number of hydrogen-bond acceptors (Lipinski definition) is 5. The van der Waals surface area contributed by atoms with Crippen molar-refractivity contribution in [2.24, 2.45) is 0 Å². The molecule has 1 aliphatic rings. The van der Waals surface area contributed by atoms with Crippen LogP contribution >= 0.6 is 0 Å². The summed E-state index contributed by atoms with van der Waals surface area (Å²) in [6.07, 6.45) is 0. The summed E-state index contributed by atoms with van der Waals surface area (Å²) in [4.78, 5) is 15.1. The van der Waals surface area contributed by atoms with Gasteiger partial charge >= 0.3 is 0 Å². The molecule has 6 heteroatoms. The van der Waals surface area contributed by atoms with E-state index in [1.54, 1.807) is 46.6 Å². The van der Waals surface area contributed by atoms with Gasteiger partial charge in [-0.3, -0.25) is 4.79 Å². The number of carbonyl (C=O) groups excluding carboxylic acids is 1. The zero-order valence-electron chi connectivity index (χ0n) is 17.3. The molecule has 3 rings (SSSR count). The molecule has 0 saturated heterocycles. The number of rotatable bonds is 5. The predicted octanol–water partition coefficient (Wildman–Crippen LogP) is 3.65. The number of fused-ring (bicyclic) bond motifs is 1. The van der Waals surface area contributed by atoms with E-state index in [1.165, 1.54) is 0 Å². The molecule has 0 unspecified atom stereocenters. The lowest BCUT2D eigenvalue weighted by Crippen LogP contribution is -2.45. The Morgan fingerprint density at radius 2 is 1.43 bits per heavy atom. The maximum absolute atomic E-state index is 13.3. The summed E-state index contributed by atoms with van der Waals surface area (Å²) in [6.45, 7) is 5.35. The van der Waals surface area contributed by atoms with Crippen LogP contribution in [0.5, 0.6) is 23.0 Å². The van der Waals surface area contributed by atoms with Crippen LogP contribution in [0.2, 0.25) is 0 Å². The van der Waals surface area contributed by atoms with E-state index < -0.39 is 0 Å². The lowest BCUT2D eigenvalue weighted by atomic mass is 9.78. The molecule has 6 nitrogen and oxygen atoms in total. The van der Waals surface area contributed by atoms with Crippen molar-refractivity contribution in [2.75, 3.05) is 35.0 Å². The van der Waals surface area contributed by atoms with Gasteiger partial charge in [-0.15, -0.1) is 0 Å². The Morgan fingerprint density at radius 1 is 0.857 bits per heavy atom. The predicted molar refractivity (Wildman–Crippen MR) is 107 cm³/mol. The number of nitrogens with zero attached hydrogens (tertiary/aromatic N) is 1. The molecule has 0 aromatic heterocycles. The first-order valence-corrected chi connectivity index (χ1v) is 9.10. The highest BCUT2D eigenvalue weighted by atomic mass is 16.5. The fraction of sp³-hybridized carbons (Fsp3) is 0.409. The molecule has 2 aromatic rings. The number of methoxy groups -OCH3 is 4. The van der Waals surface area contributed by atoms with Crippen LogP contribution in [0.15, 0.2) is 30.3 Å². The molecule has 0 bridgehead atoms. The Hall–Kier alpha value is -2.89. The van der Waals surface area contributed by atoms with Crippen LogP contribution in [0.3, 0.4) is 0 Å². The van der Waals surface area contributed by atoms with Gasteiger partial charge in [-0.1, -0.05) is 13.8 Å². The van der Waals surface area contributed by atoms with Crippen LogP contribution < -0.4 is 18.9 Å². The molecule has 0 N–H and O–H groups in total. The highest BCUT2D eigenvalue weighted by Gasteiger charge is 2.35. The quantitative estimate of drug-likeness (QED) is 0.786. The smallest absolute Gasteiger partial charge is 0.254 e. The lowest BCUT2D eigenvalue weighted by Gasteiger charge is -2.40. The first-order valence-electron chi connectivity index (χ1n) is 9.10. The topological polar surface area (TPSA) is 57.2 Å². The molecule has 0 saturated carbocycles. The molecular formula is C22H27NO5. The van der Waals surface area contributed by atoms with Crippen LogP contribution in [0, 0.1) is 0 Å². The second kappa shape index (κ2) is 7.62. The Labute approximate surface area is 166 Å². The van der Waals surface area contributed by atoms with Crippen molar-refractivity contribution in [3.05, 3.63) is 47.0 Å². The molecule has 0 fully saturated rings. The highest BCUT2D eigenvalue weighted by Crippen LogP contribution is 2.40. The molecule has 28 heavy (non-hydrogen) atoms. The monoisotopic (exact) mass is 385 g/mol. The van der Waals surface area contributed by atoms with Crippen LogP contribution in [-0.2, 0) is 12.0 Å². The van der Waals surface area contributed by atoms with Crippen molar-refractivity contribution >= 4 is 5.91 Å². The summed E-state index contributed by atoms with van der Waals surface area (Å²) in [5.74, 6) is 2.48. The van der Waals surface area contributed by atoms with Crippen molar-refractivity contribution < 1.29 is 23.7 Å². The molecule has 150 valence electrons. The van der Waals surface area contributed by atoms with Gasteiger partial charge in [0.2, 0.25) is 0 Å². The standard InChI is InChI=1S/C22H27NO5/c1-22(2)13-23(12-15-9-19(27-5)20(28-6)11-18(15)22)21(24)14-7-16(25-3)10-17(8-14)26-4/h7-11H,12-13H2,1-6H3. The fourth-order valence-electron chi connectivity index (χ4n) is 3.76. The largest absolute Gasteiger partial charge is 0.497 e. The lowest BCUT2D eigenvalue weighted by molar-refractivity contribution is 0.0685. The number of amides is 1. The van der Waals surface area contributed by atoms with Gasteiger partial charge < -0.3 is 23.8 Å². The molecule has 1 heterocycles. The summed E-state index contributed by atoms with van der Waals surface area (Å²) in [5.41, 5.74) is 2.52. The maximum Gasteiger partial charge on any atom is 0.254 e. The van der Waals surface area contributed by atoms with Gasteiger partial charge in [0, 0.05) is 30.1 Å². The van der Waals surface area contributed by atoms with Gasteiger partial charge in [-0.05, 0) is 35.4 Å². The second-order valence-electron chi connectivity index (χ2n) is 7.51. The minimum absolute atomic E-state index is 0.0642. The first kappa shape index (κ1) is 19.9. The zero-order valence-corrected chi connectivity index (χ0v) is 17.3. The number of benzene rings is 2. The molecule has 1 amide bonds. The Morgan fingerprint density at radius 3 is 1.96 bits per heavy atom. The molecular weight excluding hydrogens is 358 g/mol. The van der Waals surface area contributed by atoms with Crippen molar-refractivity contribution in [3.63, 3.8) is 0 Å². The first-order chi connectivity index (χ1) is 13.3. The van der Waals surface area contributed by atoms with Crippen LogP contribution in [0.25, 0.3) is 0 Å². The summed E-state index contributed by atoms with van der Waals surface area (Å²) in [5, 5.41) is 0. The maximum atomic E-state index is 13.3. The second-order valence-corrected chi connectivity index (χ2v) is 7.51. The number of hydrogen-bond donors (Lipinski definition) is 0. The molecule has 0 aliphatic carbocycles. The number of ether oxygens (including phenoxy) is 4. The Kier molecular flexibility index (Phi) is 5.40. The average molecular weight is 385 g/mol. The van der Waals surface area contributed by atoms with E-state index in [2.05, 4.69) is 13.8 Å². The van der Waals surface area contributed by atoms with Crippen LogP contribution in [-0.4, -0.2) is 45.8 Å². The third kappa shape index (κ3) is 3.59. The Bertz CT molecular complexity index is 868. The van der Waals surface area contributed by atoms with Crippen molar-refractivity contribution in [1.82, 2.24) is 4.90 Å². The summed E-state index contributed by atoms with van der Waals surface area (Å²) in [7, 11) is 6.39. The summed E-state index contributed by atoms with van der Waals surface area (Å²) >= 11 is 0. The normalized spacial score (nSPS) is 14.9. The van der Waals surface area contributed by atoms with E-state index in [0.717, 1.165) is 11.1 Å². The van der Waals surface area contributed by atoms with Gasteiger partial charge in [0.1, 0.15) is 11.5 Å². The van der Waals surface area contributed by atoms with Crippen molar-refractivity contribution in [1.29, 1.82) is 0 Å². The zero-order chi connectivity index (χ0) is 20.5. The van der Waals surface area contributed by atoms with Crippen LogP contribution in [0.1, 0.15) is 35.3 Å². The third-order valence-electron chi connectivity index (χ3n) is 5.17. The van der Waals surface area contributed by atoms with Gasteiger partial charge in [-0.2, -0.15) is 0 Å². The summed E-state index contributed by atoms with van der Waals surface area (Å²) in [6, 6.07) is 9.21. The van der Waals surface area contributed by atoms with Gasteiger partial charge in [-0.25, -0.2) is 0 Å². The number of carbonyl (C=O) groups is 1. The van der Waals surface area contributed by atoms with Crippen LogP contribution in [0.4, 0.5) is 0 Å². The van der Waals surface area contributed by atoms with Gasteiger partial charge in [0.05, 0.1) is 28.4 Å². The molecule has 0 radical (unpaired) electrons. The fourth-order valence-corrected chi connectivity index (χ4v) is 3.76. The third-order valence-corrected chi connectivity index (χ3v) is 5.17. The minimum Gasteiger partial charge on any atom is -0.497 e. The van der Waals surface area contributed by atoms with Gasteiger partial charge in [0.15, 0.2) is 11.5 Å². The van der Waals surface area contributed by atoms with Gasteiger partial charge in [0.25, 0.3) is 5.91 Å². The van der Waals surface area contributed by atoms with E-state index >= 15 is 0 Å². The Balaban J connectivity index is 1.99. The minimum atomic E-state index is -0.230. The molecule has 0 atom stereocenters. The average Bonchev–Trinajstić information content (AvgIpc) is 2.71. The van der Waals surface area contributed by atoms with E-state index in [-0.39, 0.29) is 11.3 Å². The van der Waals surface area contributed by atoms with E-state index in [0.29, 0.717) is 41.7 Å². The SMILES string of the molecule is COc1cc(OC)cc(C(=O)N2Cc3cc(OC)c(OC)cc3C(C)(C)C2)c1. The van der Waals surface area contributed by atoms with E-state index in [9.17, 15) is 4.79 Å². The summed E-state index contributed by atoms with van der Waals surface area (Å²) < 4.78 is 21.5. The molecule has 2 aromatic carbocycles. The van der Waals surface area contributed by atoms with E-state index in [1.807, 2.05) is 17.0 Å². The highest BCUT2D eigenvalue weighted by molar-refractivity contribution is 5.95. The van der Waals surface area contributed by atoms with Crippen molar-refractivity contribution in [2.45, 2.75) is 25.8 Å². The molecule has 1 aliphatic heterocycles. The molecule has 0 spiro atoms. The van der Waals surface area contributed by atoms with Crippen molar-refractivity contribution in [3.8, 4) is 23.0 Å².